The average molecular weight is 745 g/mol. The normalized spacial score (nSPS) is 15.0. The standard InChI is InChI=1S/C21H25.C11H8.C10H17Si.2ClH.Zr/c1-20(2,3)16-9-7-14-11-15-8-10-17(21(4,5)6)13-19(15)18(14)12-16;1-9-5-4-7-10-6-2-3-8-11(9)10;1-8-6-9(2)10(7-8)11(3,4)5;;;/h7,9-10,12-13H,11H2,1-6H3;1-8H;7-8H,1-5H3;2*1H;/q-1;;-1;;;+2/p-2. The van der Waals surface area contributed by atoms with Crippen LogP contribution >= 0.6 is 0 Å². The molecular weight excluding hydrogens is 695 g/mol. The summed E-state index contributed by atoms with van der Waals surface area (Å²) in [5.41, 5.74) is 11.5. The van der Waals surface area contributed by atoms with Crippen molar-refractivity contribution >= 4 is 22.6 Å². The third-order valence-corrected chi connectivity index (χ3v) is 11.5. The molecule has 6 rings (SSSR count). The van der Waals surface area contributed by atoms with Crippen molar-refractivity contribution in [3.63, 3.8) is 0 Å². The molecule has 4 heteroatoms. The van der Waals surface area contributed by atoms with Gasteiger partial charge >= 0.3 is 86.7 Å². The minimum absolute atomic E-state index is 0. The van der Waals surface area contributed by atoms with Crippen LogP contribution in [0.5, 0.6) is 0 Å². The third kappa shape index (κ3) is 9.85. The molecule has 46 heavy (non-hydrogen) atoms. The van der Waals surface area contributed by atoms with Gasteiger partial charge in [0.15, 0.2) is 0 Å². The first-order chi connectivity index (χ1) is 20.5. The predicted octanol–water partition coefficient (Wildman–Crippen LogP) is 5.39. The van der Waals surface area contributed by atoms with Gasteiger partial charge in [0.2, 0.25) is 0 Å². The summed E-state index contributed by atoms with van der Waals surface area (Å²) < 4.78 is 2.23. The van der Waals surface area contributed by atoms with E-state index in [1.165, 1.54) is 79.5 Å². The van der Waals surface area contributed by atoms with Crippen LogP contribution in [0.4, 0.5) is 0 Å². The molecule has 0 radical (unpaired) electrons. The molecule has 242 valence electrons. The van der Waals surface area contributed by atoms with E-state index in [1.807, 2.05) is 0 Å². The van der Waals surface area contributed by atoms with Crippen molar-refractivity contribution in [3.8, 4) is 11.1 Å². The van der Waals surface area contributed by atoms with E-state index in [-0.39, 0.29) is 35.6 Å². The summed E-state index contributed by atoms with van der Waals surface area (Å²) in [6, 6.07) is 30.0. The predicted molar refractivity (Wildman–Crippen MR) is 193 cm³/mol. The van der Waals surface area contributed by atoms with Crippen molar-refractivity contribution in [2.45, 2.75) is 92.3 Å². The van der Waals surface area contributed by atoms with Gasteiger partial charge in [-0.15, -0.1) is 5.56 Å². The van der Waals surface area contributed by atoms with E-state index in [4.69, 9.17) is 0 Å². The second kappa shape index (κ2) is 16.0. The van der Waals surface area contributed by atoms with Crippen LogP contribution in [0.25, 0.3) is 21.9 Å². The fourth-order valence-corrected chi connectivity index (χ4v) is 8.58. The summed E-state index contributed by atoms with van der Waals surface area (Å²) in [7, 11) is -1.07. The summed E-state index contributed by atoms with van der Waals surface area (Å²) in [5, 5.41) is 4.29. The molecule has 0 heterocycles. The van der Waals surface area contributed by atoms with Gasteiger partial charge in [-0.2, -0.15) is 35.4 Å². The number of rotatable bonds is 2. The van der Waals surface area contributed by atoms with E-state index in [1.54, 1.807) is 5.20 Å². The van der Waals surface area contributed by atoms with Gasteiger partial charge in [0.25, 0.3) is 0 Å². The zero-order valence-electron chi connectivity index (χ0n) is 29.6. The van der Waals surface area contributed by atoms with Crippen LogP contribution in [-0.2, 0) is 41.5 Å². The van der Waals surface area contributed by atoms with Gasteiger partial charge < -0.3 is 24.8 Å². The Bertz CT molecular complexity index is 1660. The summed E-state index contributed by atoms with van der Waals surface area (Å²) in [6.45, 7) is 25.2. The summed E-state index contributed by atoms with van der Waals surface area (Å²) in [4.78, 5) is 0. The van der Waals surface area contributed by atoms with E-state index in [0.717, 1.165) is 6.42 Å². The first kappa shape index (κ1) is 40.3. The molecule has 0 aromatic heterocycles. The summed E-state index contributed by atoms with van der Waals surface area (Å²) >= 11 is 1.46. The van der Waals surface area contributed by atoms with E-state index in [0.29, 0.717) is 5.92 Å². The monoisotopic (exact) mass is 742 g/mol. The van der Waals surface area contributed by atoms with E-state index in [2.05, 4.69) is 170 Å². The molecule has 0 N–H and O–H groups in total. The van der Waals surface area contributed by atoms with Crippen molar-refractivity contribution in [1.29, 1.82) is 0 Å². The van der Waals surface area contributed by atoms with Crippen LogP contribution in [0.15, 0.2) is 89.6 Å². The molecule has 0 saturated heterocycles. The molecule has 0 bridgehead atoms. The maximum atomic E-state index is 3.53. The first-order valence-electron chi connectivity index (χ1n) is 16.0. The van der Waals surface area contributed by atoms with Crippen molar-refractivity contribution in [1.82, 2.24) is 0 Å². The third-order valence-electron chi connectivity index (χ3n) is 8.58. The molecule has 2 aliphatic carbocycles. The molecule has 0 aliphatic heterocycles. The zero-order chi connectivity index (χ0) is 32.4. The van der Waals surface area contributed by atoms with Gasteiger partial charge in [0.05, 0.1) is 0 Å². The fourth-order valence-electron chi connectivity index (χ4n) is 6.01. The average Bonchev–Trinajstić information content (AvgIpc) is 3.50. The number of allylic oxidation sites excluding steroid dienone is 4. The van der Waals surface area contributed by atoms with E-state index < -0.39 is 8.07 Å². The summed E-state index contributed by atoms with van der Waals surface area (Å²) in [6.07, 6.45) is 6.84. The Kier molecular flexibility index (Phi) is 14.1. The van der Waals surface area contributed by atoms with Gasteiger partial charge in [-0.3, -0.25) is 6.08 Å². The second-order valence-electron chi connectivity index (χ2n) is 15.4. The van der Waals surface area contributed by atoms with Crippen molar-refractivity contribution in [3.05, 3.63) is 130 Å². The second-order valence-corrected chi connectivity index (χ2v) is 21.2. The molecule has 4 aromatic carbocycles. The molecule has 0 saturated carbocycles. The van der Waals surface area contributed by atoms with Crippen molar-refractivity contribution in [2.24, 2.45) is 5.92 Å². The Morgan fingerprint density at radius 2 is 1.41 bits per heavy atom. The van der Waals surface area contributed by atoms with Crippen LogP contribution < -0.4 is 24.8 Å². The number of benzene rings is 4. The van der Waals surface area contributed by atoms with Gasteiger partial charge in [-0.25, -0.2) is 10.8 Å². The van der Waals surface area contributed by atoms with Crippen LogP contribution in [0, 0.1) is 18.1 Å². The molecule has 1 atom stereocenters. The Morgan fingerprint density at radius 1 is 0.804 bits per heavy atom. The molecular formula is C42H50Cl2SiZr-2. The number of fused-ring (bicyclic) bond motifs is 4. The molecule has 0 spiro atoms. The topological polar surface area (TPSA) is 0 Å². The number of halogens is 2. The minimum atomic E-state index is -1.07. The molecule has 1 unspecified atom stereocenters. The molecule has 0 nitrogen and oxygen atoms in total. The number of hydrogen-bond donors (Lipinski definition) is 0. The van der Waals surface area contributed by atoms with Crippen molar-refractivity contribution < 1.29 is 49.0 Å². The zero-order valence-corrected chi connectivity index (χ0v) is 34.6. The molecule has 0 fully saturated rings. The first-order valence-corrected chi connectivity index (χ1v) is 20.9. The summed E-state index contributed by atoms with van der Waals surface area (Å²) in [5.74, 6) is 0.553. The molecule has 2 aliphatic rings. The Labute approximate surface area is 308 Å². The quantitative estimate of drug-likeness (QED) is 0.168. The van der Waals surface area contributed by atoms with Crippen molar-refractivity contribution in [2.75, 3.05) is 0 Å². The van der Waals surface area contributed by atoms with Gasteiger partial charge in [0.1, 0.15) is 0 Å². The Morgan fingerprint density at radius 3 is 1.96 bits per heavy atom. The van der Waals surface area contributed by atoms with Crippen LogP contribution in [-0.4, -0.2) is 11.8 Å². The van der Waals surface area contributed by atoms with Crippen LogP contribution in [0.1, 0.15) is 83.2 Å². The number of hydrogen-bond acceptors (Lipinski definition) is 0. The van der Waals surface area contributed by atoms with Crippen LogP contribution in [0.2, 0.25) is 19.6 Å². The van der Waals surface area contributed by atoms with E-state index >= 15 is 0 Å². The van der Waals surface area contributed by atoms with Gasteiger partial charge in [-0.1, -0.05) is 116 Å². The SMILES string of the molecule is CC(C)(C)c1c[c-]c2c(c1)-c1cc(C(C)(C)C)ccc1C2.CC1=[C-]C(C)C=C1[Si](C)(C)C.[Cl-].[Cl-].[Zr+2]=[CH]c1cccc2ccccc12. The Balaban J connectivity index is 0.000000253. The molecule has 4 aromatic rings. The van der Waals surface area contributed by atoms with Gasteiger partial charge in [0, 0.05) is 0 Å². The Hall–Kier alpha value is -1.83. The fraction of sp³-hybridized carbons (Fsp3) is 0.357. The van der Waals surface area contributed by atoms with Gasteiger partial charge in [-0.05, 0) is 25.5 Å². The maximum absolute atomic E-state index is 3.53. The van der Waals surface area contributed by atoms with E-state index in [9.17, 15) is 0 Å². The molecule has 0 amide bonds. The van der Waals surface area contributed by atoms with Crippen LogP contribution in [0.3, 0.4) is 0 Å².